The summed E-state index contributed by atoms with van der Waals surface area (Å²) in [4.78, 5) is 8.12. The van der Waals surface area contributed by atoms with E-state index in [0.29, 0.717) is 35.0 Å². The molecule has 0 spiro atoms. The molecule has 0 bridgehead atoms. The minimum atomic E-state index is -1.09. The van der Waals surface area contributed by atoms with E-state index < -0.39 is 23.1 Å². The van der Waals surface area contributed by atoms with Crippen LogP contribution in [0.15, 0.2) is 30.5 Å². The second kappa shape index (κ2) is 6.16. The van der Waals surface area contributed by atoms with Crippen LogP contribution in [-0.4, -0.2) is 21.6 Å². The second-order valence-electron chi connectivity index (χ2n) is 4.96. The molecule has 0 N–H and O–H groups in total. The van der Waals surface area contributed by atoms with Gasteiger partial charge < -0.3 is 4.74 Å². The van der Waals surface area contributed by atoms with Gasteiger partial charge in [-0.05, 0) is 24.6 Å². The van der Waals surface area contributed by atoms with Gasteiger partial charge in [-0.15, -0.1) is 0 Å². The lowest BCUT2D eigenvalue weighted by Gasteiger charge is -2.12. The van der Waals surface area contributed by atoms with Crippen molar-refractivity contribution in [1.82, 2.24) is 14.5 Å². The molecule has 0 unspecified atom stereocenters. The van der Waals surface area contributed by atoms with Gasteiger partial charge >= 0.3 is 0 Å². The number of nitrogens with zero attached hydrogens (tertiary/aromatic N) is 3. The third-order valence-corrected chi connectivity index (χ3v) is 3.69. The Morgan fingerprint density at radius 1 is 1.12 bits per heavy atom. The monoisotopic (exact) mass is 353 g/mol. The van der Waals surface area contributed by atoms with E-state index in [-0.39, 0.29) is 5.28 Å². The zero-order valence-electron chi connectivity index (χ0n) is 12.6. The number of aryl methyl sites for hydroxylation is 1. The molecule has 8 heteroatoms. The average molecular weight is 354 g/mol. The highest BCUT2D eigenvalue weighted by Gasteiger charge is 2.23. The van der Waals surface area contributed by atoms with E-state index in [4.69, 9.17) is 16.3 Å². The zero-order valence-corrected chi connectivity index (χ0v) is 13.4. The standard InChI is InChI=1S/C16H11ClF3N3O/c1-8-14(9-3-4-13(24-2)21-7-9)23(16(17)22-8)15-11(19)5-10(18)6-12(15)20/h3-7H,1-2H3. The molecule has 0 fully saturated rings. The molecule has 0 amide bonds. The molecule has 0 aliphatic rings. The predicted octanol–water partition coefficient (Wildman–Crippen LogP) is 4.32. The van der Waals surface area contributed by atoms with Crippen LogP contribution in [0.25, 0.3) is 16.9 Å². The Balaban J connectivity index is 2.27. The van der Waals surface area contributed by atoms with Crippen molar-refractivity contribution in [1.29, 1.82) is 0 Å². The van der Waals surface area contributed by atoms with Gasteiger partial charge in [-0.3, -0.25) is 4.57 Å². The van der Waals surface area contributed by atoms with E-state index in [1.807, 2.05) is 0 Å². The van der Waals surface area contributed by atoms with Crippen LogP contribution in [0.4, 0.5) is 13.2 Å². The Bertz CT molecular complexity index is 887. The molecule has 2 heterocycles. The number of ether oxygens (including phenoxy) is 1. The topological polar surface area (TPSA) is 39.9 Å². The van der Waals surface area contributed by atoms with Crippen molar-refractivity contribution in [3.8, 4) is 22.8 Å². The number of pyridine rings is 1. The smallest absolute Gasteiger partial charge is 0.212 e. The van der Waals surface area contributed by atoms with E-state index >= 15 is 0 Å². The lowest BCUT2D eigenvalue weighted by atomic mass is 10.1. The first-order valence-electron chi connectivity index (χ1n) is 6.82. The summed E-state index contributed by atoms with van der Waals surface area (Å²) in [6.07, 6.45) is 1.47. The highest BCUT2D eigenvalue weighted by Crippen LogP contribution is 2.33. The number of benzene rings is 1. The molecule has 3 aromatic rings. The van der Waals surface area contributed by atoms with Gasteiger partial charge in [0.2, 0.25) is 11.2 Å². The van der Waals surface area contributed by atoms with E-state index in [1.54, 1.807) is 19.1 Å². The lowest BCUT2D eigenvalue weighted by molar-refractivity contribution is 0.398. The molecule has 4 nitrogen and oxygen atoms in total. The van der Waals surface area contributed by atoms with Crippen LogP contribution in [0, 0.1) is 24.4 Å². The predicted molar refractivity (Wildman–Crippen MR) is 83.0 cm³/mol. The first kappa shape index (κ1) is 16.3. The molecule has 0 aliphatic heterocycles. The summed E-state index contributed by atoms with van der Waals surface area (Å²) in [7, 11) is 1.47. The van der Waals surface area contributed by atoms with Crippen LogP contribution >= 0.6 is 11.6 Å². The molecule has 0 atom stereocenters. The summed E-state index contributed by atoms with van der Waals surface area (Å²) in [5, 5.41) is -0.150. The Labute approximate surface area is 140 Å². The first-order valence-corrected chi connectivity index (χ1v) is 7.20. The number of hydrogen-bond donors (Lipinski definition) is 0. The minimum Gasteiger partial charge on any atom is -0.481 e. The van der Waals surface area contributed by atoms with Gasteiger partial charge in [0.15, 0.2) is 11.6 Å². The Morgan fingerprint density at radius 2 is 1.79 bits per heavy atom. The lowest BCUT2D eigenvalue weighted by Crippen LogP contribution is -2.05. The second-order valence-corrected chi connectivity index (χ2v) is 5.30. The van der Waals surface area contributed by atoms with Crippen LogP contribution in [0.2, 0.25) is 5.28 Å². The van der Waals surface area contributed by atoms with E-state index in [0.717, 1.165) is 4.57 Å². The molecule has 3 rings (SSSR count). The minimum absolute atomic E-state index is 0.150. The van der Waals surface area contributed by atoms with Crippen molar-refractivity contribution < 1.29 is 17.9 Å². The highest BCUT2D eigenvalue weighted by atomic mass is 35.5. The summed E-state index contributed by atoms with van der Waals surface area (Å²) >= 11 is 6.06. The van der Waals surface area contributed by atoms with Gasteiger partial charge in [0.25, 0.3) is 0 Å². The third kappa shape index (κ3) is 2.71. The molecule has 0 aliphatic carbocycles. The van der Waals surface area contributed by atoms with Crippen molar-refractivity contribution in [2.45, 2.75) is 6.92 Å². The van der Waals surface area contributed by atoms with Crippen LogP contribution in [0.1, 0.15) is 5.69 Å². The van der Waals surface area contributed by atoms with Crippen LogP contribution in [0.3, 0.4) is 0 Å². The van der Waals surface area contributed by atoms with Crippen molar-refractivity contribution >= 4 is 11.6 Å². The average Bonchev–Trinajstić information content (AvgIpc) is 2.81. The van der Waals surface area contributed by atoms with Gasteiger partial charge in [0.1, 0.15) is 11.5 Å². The normalized spacial score (nSPS) is 10.9. The maximum Gasteiger partial charge on any atom is 0.212 e. The summed E-state index contributed by atoms with van der Waals surface area (Å²) in [5.74, 6) is -2.81. The SMILES string of the molecule is COc1ccc(-c2c(C)nc(Cl)n2-c2c(F)cc(F)cc2F)cn1. The summed E-state index contributed by atoms with van der Waals surface area (Å²) in [6, 6.07) is 4.42. The highest BCUT2D eigenvalue weighted by molar-refractivity contribution is 6.29. The molecule has 24 heavy (non-hydrogen) atoms. The fourth-order valence-corrected chi connectivity index (χ4v) is 2.72. The van der Waals surface area contributed by atoms with Crippen molar-refractivity contribution in [3.05, 3.63) is 58.9 Å². The molecule has 0 radical (unpaired) electrons. The summed E-state index contributed by atoms with van der Waals surface area (Å²) in [5.41, 5.74) is 0.804. The molecule has 2 aromatic heterocycles. The Kier molecular flexibility index (Phi) is 4.19. The van der Waals surface area contributed by atoms with Crippen molar-refractivity contribution in [3.63, 3.8) is 0 Å². The van der Waals surface area contributed by atoms with Gasteiger partial charge in [0, 0.05) is 30.0 Å². The number of aromatic nitrogens is 3. The first-order chi connectivity index (χ1) is 11.4. The van der Waals surface area contributed by atoms with Crippen LogP contribution < -0.4 is 4.74 Å². The Morgan fingerprint density at radius 3 is 2.33 bits per heavy atom. The summed E-state index contributed by atoms with van der Waals surface area (Å²) in [6.45, 7) is 1.64. The van der Waals surface area contributed by atoms with Crippen LogP contribution in [0.5, 0.6) is 5.88 Å². The third-order valence-electron chi connectivity index (χ3n) is 3.43. The molecular formula is C16H11ClF3N3O. The quantitative estimate of drug-likeness (QED) is 0.704. The number of imidazole rings is 1. The van der Waals surface area contributed by atoms with Gasteiger partial charge in [-0.2, -0.15) is 0 Å². The van der Waals surface area contributed by atoms with Crippen molar-refractivity contribution in [2.75, 3.05) is 7.11 Å². The molecule has 0 saturated carbocycles. The fraction of sp³-hybridized carbons (Fsp3) is 0.125. The molecule has 0 saturated heterocycles. The van der Waals surface area contributed by atoms with E-state index in [1.165, 1.54) is 13.3 Å². The summed E-state index contributed by atoms with van der Waals surface area (Å²) < 4.78 is 47.6. The maximum absolute atomic E-state index is 14.2. The van der Waals surface area contributed by atoms with E-state index in [9.17, 15) is 13.2 Å². The van der Waals surface area contributed by atoms with Gasteiger partial charge in [0.05, 0.1) is 18.5 Å². The number of rotatable bonds is 3. The number of halogens is 4. The number of hydrogen-bond acceptors (Lipinski definition) is 3. The Hall–Kier alpha value is -2.54. The van der Waals surface area contributed by atoms with E-state index in [2.05, 4.69) is 9.97 Å². The maximum atomic E-state index is 14.2. The van der Waals surface area contributed by atoms with Crippen molar-refractivity contribution in [2.24, 2.45) is 0 Å². The molecular weight excluding hydrogens is 343 g/mol. The molecule has 124 valence electrons. The van der Waals surface area contributed by atoms with Crippen LogP contribution in [-0.2, 0) is 0 Å². The fourth-order valence-electron chi connectivity index (χ4n) is 2.43. The van der Waals surface area contributed by atoms with Gasteiger partial charge in [-0.1, -0.05) is 0 Å². The zero-order chi connectivity index (χ0) is 17.4. The van der Waals surface area contributed by atoms with Gasteiger partial charge in [-0.25, -0.2) is 23.1 Å². The largest absolute Gasteiger partial charge is 0.481 e. The number of methoxy groups -OCH3 is 1. The molecule has 1 aromatic carbocycles.